The van der Waals surface area contributed by atoms with E-state index in [9.17, 15) is 0 Å². The van der Waals surface area contributed by atoms with Crippen molar-refractivity contribution >= 4 is 0 Å². The summed E-state index contributed by atoms with van der Waals surface area (Å²) in [4.78, 5) is 0. The van der Waals surface area contributed by atoms with Crippen LogP contribution in [0.5, 0.6) is 11.5 Å². The Morgan fingerprint density at radius 3 is 2.52 bits per heavy atom. The van der Waals surface area contributed by atoms with Crippen LogP contribution in [0.2, 0.25) is 0 Å². The fourth-order valence-corrected chi connectivity index (χ4v) is 2.22. The zero-order valence-electron chi connectivity index (χ0n) is 13.6. The highest BCUT2D eigenvalue weighted by Crippen LogP contribution is 2.29. The Hall–Kier alpha value is -2.04. The lowest BCUT2D eigenvalue weighted by Gasteiger charge is -2.14. The largest absolute Gasteiger partial charge is 0.490 e. The van der Waals surface area contributed by atoms with Crippen LogP contribution in [0.15, 0.2) is 48.5 Å². The van der Waals surface area contributed by atoms with E-state index in [2.05, 4.69) is 5.32 Å². The molecule has 0 atom stereocenters. The van der Waals surface area contributed by atoms with Gasteiger partial charge in [0.2, 0.25) is 0 Å². The van der Waals surface area contributed by atoms with Gasteiger partial charge in [-0.3, -0.25) is 0 Å². The molecule has 4 heteroatoms. The number of ether oxygens (including phenoxy) is 2. The quantitative estimate of drug-likeness (QED) is 0.661. The van der Waals surface area contributed by atoms with Crippen molar-refractivity contribution in [2.24, 2.45) is 0 Å². The Balaban J connectivity index is 1.97. The van der Waals surface area contributed by atoms with Crippen molar-refractivity contribution in [1.29, 1.82) is 0 Å². The number of hydrogen-bond donors (Lipinski definition) is 2. The number of benzene rings is 2. The minimum atomic E-state index is 0.212. The van der Waals surface area contributed by atoms with Crippen molar-refractivity contribution in [2.75, 3.05) is 19.8 Å². The third kappa shape index (κ3) is 5.93. The Kier molecular flexibility index (Phi) is 7.43. The zero-order valence-corrected chi connectivity index (χ0v) is 13.6. The molecule has 4 nitrogen and oxygen atoms in total. The van der Waals surface area contributed by atoms with E-state index in [0.29, 0.717) is 13.2 Å². The molecule has 2 aromatic rings. The van der Waals surface area contributed by atoms with Gasteiger partial charge in [-0.2, -0.15) is 0 Å². The Morgan fingerprint density at radius 2 is 1.78 bits per heavy atom. The lowest BCUT2D eigenvalue weighted by atomic mass is 10.2. The topological polar surface area (TPSA) is 50.7 Å². The molecule has 124 valence electrons. The molecule has 0 unspecified atom stereocenters. The molecule has 0 radical (unpaired) electrons. The van der Waals surface area contributed by atoms with Crippen LogP contribution in [0.1, 0.15) is 24.5 Å². The van der Waals surface area contributed by atoms with Gasteiger partial charge in [0.15, 0.2) is 11.5 Å². The van der Waals surface area contributed by atoms with Crippen LogP contribution in [0.3, 0.4) is 0 Å². The minimum Gasteiger partial charge on any atom is -0.490 e. The summed E-state index contributed by atoms with van der Waals surface area (Å²) < 4.78 is 11.6. The van der Waals surface area contributed by atoms with E-state index < -0.39 is 0 Å². The molecule has 2 rings (SSSR count). The monoisotopic (exact) mass is 315 g/mol. The molecule has 2 aromatic carbocycles. The number of rotatable bonds is 10. The maximum absolute atomic E-state index is 8.79. The van der Waals surface area contributed by atoms with Crippen molar-refractivity contribution < 1.29 is 14.6 Å². The Labute approximate surface area is 138 Å². The summed E-state index contributed by atoms with van der Waals surface area (Å²) in [7, 11) is 0. The molecule has 0 aliphatic rings. The zero-order chi connectivity index (χ0) is 16.3. The van der Waals surface area contributed by atoms with E-state index in [1.807, 2.05) is 55.5 Å². The smallest absolute Gasteiger partial charge is 0.161 e. The van der Waals surface area contributed by atoms with Crippen LogP contribution in [-0.4, -0.2) is 24.9 Å². The molecule has 0 fully saturated rings. The lowest BCUT2D eigenvalue weighted by Crippen LogP contribution is -2.15. The Morgan fingerprint density at radius 1 is 0.957 bits per heavy atom. The first-order valence-corrected chi connectivity index (χ1v) is 8.07. The maximum atomic E-state index is 8.79. The van der Waals surface area contributed by atoms with Crippen molar-refractivity contribution in [2.45, 2.75) is 26.5 Å². The maximum Gasteiger partial charge on any atom is 0.161 e. The minimum absolute atomic E-state index is 0.212. The number of aliphatic hydroxyl groups is 1. The molecule has 0 aliphatic carbocycles. The average molecular weight is 315 g/mol. The predicted molar refractivity (Wildman–Crippen MR) is 91.8 cm³/mol. The predicted octanol–water partition coefficient (Wildman–Crippen LogP) is 3.14. The lowest BCUT2D eigenvalue weighted by molar-refractivity contribution is 0.269. The molecule has 0 aliphatic heterocycles. The van der Waals surface area contributed by atoms with Crippen LogP contribution >= 0.6 is 0 Å². The molecule has 0 heterocycles. The van der Waals surface area contributed by atoms with Gasteiger partial charge in [-0.05, 0) is 43.1 Å². The molecule has 0 spiro atoms. The molecule has 2 N–H and O–H groups in total. The summed E-state index contributed by atoms with van der Waals surface area (Å²) in [5.41, 5.74) is 2.27. The first kappa shape index (κ1) is 17.3. The van der Waals surface area contributed by atoms with Gasteiger partial charge in [0.25, 0.3) is 0 Å². The standard InChI is InChI=1S/C19H25NO3/c1-2-22-19-13-17(14-20-11-6-12-21)9-10-18(19)23-15-16-7-4-3-5-8-16/h3-5,7-10,13,20-21H,2,6,11-12,14-15H2,1H3. The van der Waals surface area contributed by atoms with E-state index in [1.54, 1.807) is 0 Å². The normalized spacial score (nSPS) is 10.5. The molecule has 23 heavy (non-hydrogen) atoms. The van der Waals surface area contributed by atoms with Crippen molar-refractivity contribution in [3.05, 3.63) is 59.7 Å². The second-order valence-electron chi connectivity index (χ2n) is 5.24. The van der Waals surface area contributed by atoms with Gasteiger partial charge in [0.1, 0.15) is 6.61 Å². The van der Waals surface area contributed by atoms with Gasteiger partial charge in [-0.25, -0.2) is 0 Å². The molecular formula is C19H25NO3. The first-order valence-electron chi connectivity index (χ1n) is 8.07. The van der Waals surface area contributed by atoms with E-state index in [4.69, 9.17) is 14.6 Å². The molecule has 0 saturated heterocycles. The van der Waals surface area contributed by atoms with Gasteiger partial charge in [-0.15, -0.1) is 0 Å². The van der Waals surface area contributed by atoms with Gasteiger partial charge in [0.05, 0.1) is 6.61 Å². The SMILES string of the molecule is CCOc1cc(CNCCCO)ccc1OCc1ccccc1. The van der Waals surface area contributed by atoms with Crippen LogP contribution in [0, 0.1) is 0 Å². The van der Waals surface area contributed by atoms with E-state index in [-0.39, 0.29) is 6.61 Å². The van der Waals surface area contributed by atoms with E-state index in [1.165, 1.54) is 0 Å². The van der Waals surface area contributed by atoms with Crippen molar-refractivity contribution in [1.82, 2.24) is 5.32 Å². The van der Waals surface area contributed by atoms with Gasteiger partial charge in [0, 0.05) is 13.2 Å². The molecule has 0 amide bonds. The van der Waals surface area contributed by atoms with Gasteiger partial charge in [-0.1, -0.05) is 36.4 Å². The van der Waals surface area contributed by atoms with E-state index in [0.717, 1.165) is 42.1 Å². The van der Waals surface area contributed by atoms with Crippen LogP contribution in [0.25, 0.3) is 0 Å². The highest BCUT2D eigenvalue weighted by Gasteiger charge is 2.07. The van der Waals surface area contributed by atoms with Crippen LogP contribution < -0.4 is 14.8 Å². The number of nitrogens with one attached hydrogen (secondary N) is 1. The Bertz CT molecular complexity index is 572. The highest BCUT2D eigenvalue weighted by molar-refractivity contribution is 5.43. The summed E-state index contributed by atoms with van der Waals surface area (Å²) in [6.45, 7) is 4.85. The van der Waals surface area contributed by atoms with Crippen molar-refractivity contribution in [3.8, 4) is 11.5 Å². The van der Waals surface area contributed by atoms with Crippen molar-refractivity contribution in [3.63, 3.8) is 0 Å². The summed E-state index contributed by atoms with van der Waals surface area (Å²) in [6, 6.07) is 16.1. The number of hydrogen-bond acceptors (Lipinski definition) is 4. The average Bonchev–Trinajstić information content (AvgIpc) is 2.59. The highest BCUT2D eigenvalue weighted by atomic mass is 16.5. The second-order valence-corrected chi connectivity index (χ2v) is 5.24. The third-order valence-electron chi connectivity index (χ3n) is 3.39. The third-order valence-corrected chi connectivity index (χ3v) is 3.39. The van der Waals surface area contributed by atoms with Crippen LogP contribution in [-0.2, 0) is 13.2 Å². The summed E-state index contributed by atoms with van der Waals surface area (Å²) in [6.07, 6.45) is 0.761. The summed E-state index contributed by atoms with van der Waals surface area (Å²) >= 11 is 0. The van der Waals surface area contributed by atoms with E-state index >= 15 is 0 Å². The molecular weight excluding hydrogens is 290 g/mol. The number of aliphatic hydroxyl groups excluding tert-OH is 1. The molecule has 0 saturated carbocycles. The summed E-state index contributed by atoms with van der Waals surface area (Å²) in [5.74, 6) is 1.53. The summed E-state index contributed by atoms with van der Waals surface area (Å²) in [5, 5.41) is 12.1. The molecule has 0 aromatic heterocycles. The van der Waals surface area contributed by atoms with Gasteiger partial charge < -0.3 is 19.9 Å². The fourth-order valence-electron chi connectivity index (χ4n) is 2.22. The fraction of sp³-hybridized carbons (Fsp3) is 0.368. The second kappa shape index (κ2) is 9.87. The van der Waals surface area contributed by atoms with Gasteiger partial charge >= 0.3 is 0 Å². The first-order chi connectivity index (χ1) is 11.3. The molecule has 0 bridgehead atoms. The van der Waals surface area contributed by atoms with Crippen LogP contribution in [0.4, 0.5) is 0 Å².